The maximum absolute atomic E-state index is 14.0. The minimum atomic E-state index is -4.13. The average molecular weight is 591 g/mol. The fourth-order valence-electron chi connectivity index (χ4n) is 4.01. The second kappa shape index (κ2) is 13.8. The number of hydrogen-bond acceptors (Lipinski definition) is 4. The Hall–Kier alpha value is -3.07. The van der Waals surface area contributed by atoms with Crippen molar-refractivity contribution in [2.75, 3.05) is 17.4 Å². The molecule has 0 spiro atoms. The predicted octanol–water partition coefficient (Wildman–Crippen LogP) is 5.77. The Morgan fingerprint density at radius 3 is 2.10 bits per heavy atom. The van der Waals surface area contributed by atoms with Gasteiger partial charge in [0.15, 0.2) is 0 Å². The molecule has 0 aliphatic rings. The van der Waals surface area contributed by atoms with Crippen molar-refractivity contribution in [1.82, 2.24) is 10.2 Å². The summed E-state index contributed by atoms with van der Waals surface area (Å²) in [5, 5.41) is 3.77. The number of carbonyl (C=O) groups excluding carboxylic acids is 2. The lowest BCUT2D eigenvalue weighted by Gasteiger charge is -2.33. The van der Waals surface area contributed by atoms with Gasteiger partial charge in [-0.25, -0.2) is 8.42 Å². The SMILES string of the molecule is CCC(C(=O)NCC(C)C)N(Cc1ccccc1Cl)C(=O)CN(c1ccc(Cl)cc1)S(=O)(=O)c1ccccc1. The topological polar surface area (TPSA) is 86.8 Å². The number of anilines is 1. The van der Waals surface area contributed by atoms with Crippen LogP contribution in [0.4, 0.5) is 5.69 Å². The fourth-order valence-corrected chi connectivity index (χ4v) is 5.76. The van der Waals surface area contributed by atoms with E-state index in [2.05, 4.69) is 5.32 Å². The van der Waals surface area contributed by atoms with Crippen molar-refractivity contribution >= 4 is 50.7 Å². The first-order valence-electron chi connectivity index (χ1n) is 12.7. The number of halogens is 2. The summed E-state index contributed by atoms with van der Waals surface area (Å²) in [5.41, 5.74) is 0.915. The fraction of sp³-hybridized carbons (Fsp3) is 0.310. The predicted molar refractivity (Wildman–Crippen MR) is 156 cm³/mol. The number of nitrogens with one attached hydrogen (secondary N) is 1. The first-order chi connectivity index (χ1) is 18.5. The smallest absolute Gasteiger partial charge is 0.264 e. The van der Waals surface area contributed by atoms with Crippen LogP contribution < -0.4 is 9.62 Å². The van der Waals surface area contributed by atoms with Gasteiger partial charge < -0.3 is 10.2 Å². The third-order valence-electron chi connectivity index (χ3n) is 6.09. The summed E-state index contributed by atoms with van der Waals surface area (Å²) in [5.74, 6) is -0.637. The van der Waals surface area contributed by atoms with E-state index in [1.54, 1.807) is 66.7 Å². The van der Waals surface area contributed by atoms with E-state index in [9.17, 15) is 18.0 Å². The van der Waals surface area contributed by atoms with Gasteiger partial charge in [0.2, 0.25) is 11.8 Å². The quantitative estimate of drug-likeness (QED) is 0.290. The number of hydrogen-bond donors (Lipinski definition) is 1. The zero-order chi connectivity index (χ0) is 28.6. The van der Waals surface area contributed by atoms with E-state index < -0.39 is 28.5 Å². The van der Waals surface area contributed by atoms with E-state index in [-0.39, 0.29) is 29.0 Å². The summed E-state index contributed by atoms with van der Waals surface area (Å²) in [6, 6.07) is 20.3. The third kappa shape index (κ3) is 7.97. The molecule has 0 aromatic heterocycles. The largest absolute Gasteiger partial charge is 0.354 e. The van der Waals surface area contributed by atoms with Crippen molar-refractivity contribution in [2.45, 2.75) is 44.7 Å². The van der Waals surface area contributed by atoms with Gasteiger partial charge in [0, 0.05) is 23.1 Å². The van der Waals surface area contributed by atoms with E-state index >= 15 is 0 Å². The first kappa shape index (κ1) is 30.5. The molecule has 0 fully saturated rings. The van der Waals surface area contributed by atoms with Crippen LogP contribution in [0, 0.1) is 5.92 Å². The molecule has 0 saturated heterocycles. The molecule has 0 radical (unpaired) electrons. The zero-order valence-electron chi connectivity index (χ0n) is 22.2. The number of nitrogens with zero attached hydrogens (tertiary/aromatic N) is 2. The molecule has 1 atom stereocenters. The van der Waals surface area contributed by atoms with Crippen molar-refractivity contribution in [3.63, 3.8) is 0 Å². The summed E-state index contributed by atoms with van der Waals surface area (Å²) in [4.78, 5) is 28.7. The number of carbonyl (C=O) groups is 2. The molecule has 0 aliphatic heterocycles. The van der Waals surface area contributed by atoms with Gasteiger partial charge in [0.25, 0.3) is 10.0 Å². The van der Waals surface area contributed by atoms with Crippen LogP contribution in [0.1, 0.15) is 32.8 Å². The minimum Gasteiger partial charge on any atom is -0.354 e. The van der Waals surface area contributed by atoms with Crippen LogP contribution in [-0.2, 0) is 26.2 Å². The average Bonchev–Trinajstić information content (AvgIpc) is 2.92. The van der Waals surface area contributed by atoms with Gasteiger partial charge in [-0.1, -0.05) is 80.4 Å². The second-order valence-electron chi connectivity index (χ2n) is 9.48. The van der Waals surface area contributed by atoms with Gasteiger partial charge >= 0.3 is 0 Å². The Morgan fingerprint density at radius 2 is 1.51 bits per heavy atom. The molecule has 0 heterocycles. The Morgan fingerprint density at radius 1 is 0.897 bits per heavy atom. The summed E-state index contributed by atoms with van der Waals surface area (Å²) in [6.45, 7) is 5.72. The highest BCUT2D eigenvalue weighted by atomic mass is 35.5. The molecule has 0 bridgehead atoms. The van der Waals surface area contributed by atoms with Crippen LogP contribution in [0.15, 0.2) is 83.8 Å². The Kier molecular flexibility index (Phi) is 10.8. The molecule has 3 aromatic carbocycles. The maximum atomic E-state index is 14.0. The van der Waals surface area contributed by atoms with Crippen LogP contribution >= 0.6 is 23.2 Å². The van der Waals surface area contributed by atoms with Crippen molar-refractivity contribution < 1.29 is 18.0 Å². The van der Waals surface area contributed by atoms with E-state index in [1.807, 2.05) is 20.8 Å². The van der Waals surface area contributed by atoms with Crippen LogP contribution in [0.2, 0.25) is 10.0 Å². The zero-order valence-corrected chi connectivity index (χ0v) is 24.5. The van der Waals surface area contributed by atoms with Crippen LogP contribution in [0.3, 0.4) is 0 Å². The summed E-state index contributed by atoms with van der Waals surface area (Å²) < 4.78 is 28.6. The minimum absolute atomic E-state index is 0.0337. The highest BCUT2D eigenvalue weighted by molar-refractivity contribution is 7.92. The molecule has 1 N–H and O–H groups in total. The number of amides is 2. The van der Waals surface area contributed by atoms with Crippen molar-refractivity contribution in [2.24, 2.45) is 5.92 Å². The van der Waals surface area contributed by atoms with E-state index in [0.717, 1.165) is 4.31 Å². The summed E-state index contributed by atoms with van der Waals surface area (Å²) in [7, 11) is -4.13. The van der Waals surface area contributed by atoms with Gasteiger partial charge in [0.1, 0.15) is 12.6 Å². The number of rotatable bonds is 12. The number of benzene rings is 3. The lowest BCUT2D eigenvalue weighted by atomic mass is 10.1. The molecule has 0 aliphatic carbocycles. The third-order valence-corrected chi connectivity index (χ3v) is 8.50. The lowest BCUT2D eigenvalue weighted by Crippen LogP contribution is -2.52. The first-order valence-corrected chi connectivity index (χ1v) is 14.9. The van der Waals surface area contributed by atoms with Gasteiger partial charge in [-0.05, 0) is 60.4 Å². The summed E-state index contributed by atoms with van der Waals surface area (Å²) >= 11 is 12.5. The van der Waals surface area contributed by atoms with E-state index in [0.29, 0.717) is 28.6 Å². The number of sulfonamides is 1. The molecule has 10 heteroatoms. The van der Waals surface area contributed by atoms with Crippen LogP contribution in [0.5, 0.6) is 0 Å². The van der Waals surface area contributed by atoms with Crippen molar-refractivity contribution in [1.29, 1.82) is 0 Å². The lowest BCUT2D eigenvalue weighted by molar-refractivity contribution is -0.140. The monoisotopic (exact) mass is 589 g/mol. The molecule has 0 saturated carbocycles. The normalized spacial score (nSPS) is 12.2. The summed E-state index contributed by atoms with van der Waals surface area (Å²) in [6.07, 6.45) is 0.326. The Balaban J connectivity index is 2.04. The van der Waals surface area contributed by atoms with Crippen molar-refractivity contribution in [3.8, 4) is 0 Å². The Bertz CT molecular complexity index is 1370. The standard InChI is InChI=1S/C29H33Cl2N3O4S/c1-4-27(29(36)32-18-21(2)3)33(19-22-10-8-9-13-26(22)31)28(35)20-34(24-16-14-23(30)15-17-24)39(37,38)25-11-6-5-7-12-25/h5-17,21,27H,4,18-20H2,1-3H3,(H,32,36). The van der Waals surface area contributed by atoms with Gasteiger partial charge in [-0.2, -0.15) is 0 Å². The maximum Gasteiger partial charge on any atom is 0.264 e. The van der Waals surface area contributed by atoms with Crippen LogP contribution in [0.25, 0.3) is 0 Å². The highest BCUT2D eigenvalue weighted by Crippen LogP contribution is 2.27. The molecule has 3 aromatic rings. The molecule has 1 unspecified atom stereocenters. The highest BCUT2D eigenvalue weighted by Gasteiger charge is 2.33. The van der Waals surface area contributed by atoms with Gasteiger partial charge in [0.05, 0.1) is 10.6 Å². The molecule has 39 heavy (non-hydrogen) atoms. The van der Waals surface area contributed by atoms with Gasteiger partial charge in [-0.3, -0.25) is 13.9 Å². The van der Waals surface area contributed by atoms with Gasteiger partial charge in [-0.15, -0.1) is 0 Å². The van der Waals surface area contributed by atoms with E-state index in [1.165, 1.54) is 17.0 Å². The van der Waals surface area contributed by atoms with Crippen LogP contribution in [-0.4, -0.2) is 44.3 Å². The molecule has 3 rings (SSSR count). The Labute approximate surface area is 240 Å². The molecular weight excluding hydrogens is 557 g/mol. The van der Waals surface area contributed by atoms with E-state index in [4.69, 9.17) is 23.2 Å². The molecular formula is C29H33Cl2N3O4S. The molecule has 7 nitrogen and oxygen atoms in total. The van der Waals surface area contributed by atoms with Crippen molar-refractivity contribution in [3.05, 3.63) is 94.5 Å². The molecule has 208 valence electrons. The molecule has 2 amide bonds. The second-order valence-corrected chi connectivity index (χ2v) is 12.2.